The average molecular weight is 266 g/mol. The van der Waals surface area contributed by atoms with E-state index in [2.05, 4.69) is 0 Å². The van der Waals surface area contributed by atoms with E-state index in [0.29, 0.717) is 16.5 Å². The van der Waals surface area contributed by atoms with Crippen LogP contribution >= 0.6 is 34.8 Å². The number of halogens is 3. The van der Waals surface area contributed by atoms with Crippen molar-refractivity contribution in [2.45, 2.75) is 25.7 Å². The first-order valence-electron chi connectivity index (χ1n) is 4.64. The third-order valence-electron chi connectivity index (χ3n) is 2.29. The largest absolute Gasteiger partial charge is 0.281 e. The Labute approximate surface area is 104 Å². The lowest BCUT2D eigenvalue weighted by Crippen LogP contribution is -1.96. The maximum atomic E-state index is 10.6. The first-order valence-corrected chi connectivity index (χ1v) is 5.77. The molecule has 0 bridgehead atoms. The van der Waals surface area contributed by atoms with Crippen LogP contribution in [0.1, 0.15) is 31.2 Å². The van der Waals surface area contributed by atoms with Crippen LogP contribution < -0.4 is 0 Å². The first kappa shape index (κ1) is 12.8. The minimum atomic E-state index is -0.304. The van der Waals surface area contributed by atoms with E-state index in [0.717, 1.165) is 12.0 Å². The van der Waals surface area contributed by atoms with Gasteiger partial charge in [-0.1, -0.05) is 36.2 Å². The zero-order valence-corrected chi connectivity index (χ0v) is 10.5. The summed E-state index contributed by atoms with van der Waals surface area (Å²) in [4.78, 5) is 10.6. The molecule has 0 N–H and O–H groups in total. The quantitative estimate of drug-likeness (QED) is 0.725. The van der Waals surface area contributed by atoms with Gasteiger partial charge in [-0.05, 0) is 41.6 Å². The van der Waals surface area contributed by atoms with Gasteiger partial charge in [0.1, 0.15) is 0 Å². The molecule has 1 aromatic carbocycles. The van der Waals surface area contributed by atoms with Crippen LogP contribution in [0.5, 0.6) is 0 Å². The highest BCUT2D eigenvalue weighted by Crippen LogP contribution is 2.28. The lowest BCUT2D eigenvalue weighted by molar-refractivity contribution is -0.111. The van der Waals surface area contributed by atoms with E-state index in [1.165, 1.54) is 0 Å². The summed E-state index contributed by atoms with van der Waals surface area (Å²) in [5, 5.41) is 0.779. The average Bonchev–Trinajstić information content (AvgIpc) is 2.18. The number of carbonyl (C=O) groups is 1. The summed E-state index contributed by atoms with van der Waals surface area (Å²) in [5.74, 6) is 0.252. The molecule has 0 fully saturated rings. The van der Waals surface area contributed by atoms with Crippen molar-refractivity contribution in [2.24, 2.45) is 0 Å². The van der Waals surface area contributed by atoms with Crippen LogP contribution in [-0.4, -0.2) is 5.24 Å². The summed E-state index contributed by atoms with van der Waals surface area (Å²) in [6.45, 7) is 2.03. The van der Waals surface area contributed by atoms with Crippen molar-refractivity contribution < 1.29 is 4.79 Å². The Hall–Kier alpha value is -0.240. The maximum Gasteiger partial charge on any atom is 0.221 e. The predicted molar refractivity (Wildman–Crippen MR) is 65.0 cm³/mol. The number of benzene rings is 1. The molecule has 82 valence electrons. The maximum absolute atomic E-state index is 10.6. The fourth-order valence-electron chi connectivity index (χ4n) is 1.32. The van der Waals surface area contributed by atoms with Gasteiger partial charge in [0.25, 0.3) is 0 Å². The molecule has 1 aromatic rings. The summed E-state index contributed by atoms with van der Waals surface area (Å²) in [6, 6.07) is 5.50. The molecule has 4 heteroatoms. The highest BCUT2D eigenvalue weighted by atomic mass is 35.5. The second-order valence-corrected chi connectivity index (χ2v) is 4.70. The summed E-state index contributed by atoms with van der Waals surface area (Å²) < 4.78 is 0. The van der Waals surface area contributed by atoms with E-state index >= 15 is 0 Å². The van der Waals surface area contributed by atoms with Gasteiger partial charge < -0.3 is 0 Å². The summed E-state index contributed by atoms with van der Waals surface area (Å²) in [6.07, 6.45) is 1.10. The van der Waals surface area contributed by atoms with Crippen LogP contribution in [0, 0.1) is 0 Å². The zero-order valence-electron chi connectivity index (χ0n) is 8.27. The third-order valence-corrected chi connectivity index (χ3v) is 3.21. The first-order chi connectivity index (χ1) is 7.00. The summed E-state index contributed by atoms with van der Waals surface area (Å²) >= 11 is 17.0. The van der Waals surface area contributed by atoms with Gasteiger partial charge in [-0.25, -0.2) is 0 Å². The molecule has 1 nitrogen and oxygen atoms in total. The molecule has 0 aromatic heterocycles. The van der Waals surface area contributed by atoms with E-state index < -0.39 is 0 Å². The van der Waals surface area contributed by atoms with E-state index in [1.54, 1.807) is 6.07 Å². The third kappa shape index (κ3) is 4.02. The molecule has 0 aliphatic carbocycles. The number of rotatable bonds is 4. The second kappa shape index (κ2) is 5.74. The van der Waals surface area contributed by atoms with Crippen LogP contribution in [-0.2, 0) is 4.79 Å². The van der Waals surface area contributed by atoms with Crippen molar-refractivity contribution in [3.63, 3.8) is 0 Å². The van der Waals surface area contributed by atoms with Crippen LogP contribution in [0.3, 0.4) is 0 Å². The summed E-state index contributed by atoms with van der Waals surface area (Å²) in [7, 11) is 0. The Morgan fingerprint density at radius 3 is 2.53 bits per heavy atom. The van der Waals surface area contributed by atoms with Gasteiger partial charge in [-0.15, -0.1) is 0 Å². The monoisotopic (exact) mass is 264 g/mol. The molecule has 0 radical (unpaired) electrons. The minimum absolute atomic E-state index is 0.252. The molecule has 15 heavy (non-hydrogen) atoms. The second-order valence-electron chi connectivity index (χ2n) is 3.47. The molecular weight excluding hydrogens is 254 g/mol. The van der Waals surface area contributed by atoms with E-state index in [-0.39, 0.29) is 11.2 Å². The predicted octanol–water partition coefficient (Wildman–Crippen LogP) is 4.64. The molecular formula is C11H11Cl3O. The van der Waals surface area contributed by atoms with E-state index in [4.69, 9.17) is 34.8 Å². The molecule has 0 aliphatic heterocycles. The van der Waals surface area contributed by atoms with Gasteiger partial charge in [-0.3, -0.25) is 4.79 Å². The van der Waals surface area contributed by atoms with Gasteiger partial charge >= 0.3 is 0 Å². The van der Waals surface area contributed by atoms with Crippen molar-refractivity contribution in [2.75, 3.05) is 0 Å². The van der Waals surface area contributed by atoms with Crippen molar-refractivity contribution >= 4 is 40.0 Å². The van der Waals surface area contributed by atoms with Crippen LogP contribution in [0.25, 0.3) is 0 Å². The van der Waals surface area contributed by atoms with Gasteiger partial charge in [0.2, 0.25) is 5.24 Å². The zero-order chi connectivity index (χ0) is 11.4. The number of hydrogen-bond acceptors (Lipinski definition) is 1. The van der Waals surface area contributed by atoms with Crippen molar-refractivity contribution in [3.05, 3.63) is 33.8 Å². The van der Waals surface area contributed by atoms with E-state index in [1.807, 2.05) is 19.1 Å². The van der Waals surface area contributed by atoms with Crippen molar-refractivity contribution in [1.29, 1.82) is 0 Å². The van der Waals surface area contributed by atoms with Crippen LogP contribution in [0.4, 0.5) is 0 Å². The van der Waals surface area contributed by atoms with Crippen LogP contribution in [0.15, 0.2) is 18.2 Å². The minimum Gasteiger partial charge on any atom is -0.281 e. The summed E-state index contributed by atoms with van der Waals surface area (Å²) in [5.41, 5.74) is 1.07. The Morgan fingerprint density at radius 2 is 2.00 bits per heavy atom. The Bertz CT molecular complexity index is 363. The number of carbonyl (C=O) groups excluding carboxylic acids is 1. The molecule has 1 unspecified atom stereocenters. The molecule has 0 heterocycles. The normalized spacial score (nSPS) is 12.5. The van der Waals surface area contributed by atoms with Gasteiger partial charge in [0.15, 0.2) is 0 Å². The van der Waals surface area contributed by atoms with Crippen molar-refractivity contribution in [1.82, 2.24) is 0 Å². The molecule has 1 rings (SSSR count). The van der Waals surface area contributed by atoms with Crippen molar-refractivity contribution in [3.8, 4) is 0 Å². The lowest BCUT2D eigenvalue weighted by atomic mass is 9.97. The molecule has 0 saturated carbocycles. The fraction of sp³-hybridized carbons (Fsp3) is 0.364. The fourth-order valence-corrected chi connectivity index (χ4v) is 1.73. The standard InChI is InChI=1S/C11H11Cl3O/c1-7(2-5-11(14)15)8-3-4-9(12)10(13)6-8/h3-4,6-7H,2,5H2,1H3. The smallest absolute Gasteiger partial charge is 0.221 e. The van der Waals surface area contributed by atoms with Crippen LogP contribution in [0.2, 0.25) is 10.0 Å². The molecule has 0 aliphatic rings. The highest BCUT2D eigenvalue weighted by Gasteiger charge is 2.09. The van der Waals surface area contributed by atoms with E-state index in [9.17, 15) is 4.79 Å². The molecule has 0 saturated heterocycles. The molecule has 1 atom stereocenters. The van der Waals surface area contributed by atoms with Gasteiger partial charge in [-0.2, -0.15) is 0 Å². The Kier molecular flexibility index (Phi) is 4.91. The highest BCUT2D eigenvalue weighted by molar-refractivity contribution is 6.63. The molecule has 0 spiro atoms. The SMILES string of the molecule is CC(CCC(=O)Cl)c1ccc(Cl)c(Cl)c1. The van der Waals surface area contributed by atoms with Gasteiger partial charge in [0, 0.05) is 6.42 Å². The molecule has 0 amide bonds. The lowest BCUT2D eigenvalue weighted by Gasteiger charge is -2.11. The van der Waals surface area contributed by atoms with Gasteiger partial charge in [0.05, 0.1) is 10.0 Å². The Balaban J connectivity index is 2.69. The topological polar surface area (TPSA) is 17.1 Å². The Morgan fingerprint density at radius 1 is 1.33 bits per heavy atom. The number of hydrogen-bond donors (Lipinski definition) is 0.